The summed E-state index contributed by atoms with van der Waals surface area (Å²) in [4.78, 5) is 16.4. The first kappa shape index (κ1) is 16.0. The van der Waals surface area contributed by atoms with Gasteiger partial charge in [0.2, 0.25) is 0 Å². The van der Waals surface area contributed by atoms with Crippen molar-refractivity contribution in [1.29, 1.82) is 0 Å². The maximum Gasteiger partial charge on any atom is 0.357 e. The molecule has 3 aromatic rings. The third-order valence-corrected chi connectivity index (χ3v) is 3.59. The van der Waals surface area contributed by atoms with E-state index in [-0.39, 0.29) is 6.61 Å². The largest absolute Gasteiger partial charge is 0.490 e. The van der Waals surface area contributed by atoms with E-state index in [2.05, 4.69) is 11.1 Å². The standard InChI is InChI=1S/C20H19NO3/c1-14-11-15(2)13-17(12-14)23-9-10-24-20(22)19-8-7-16-5-3-4-6-18(16)21-19/h3-8,11-13H,9-10H2,1-2H3. The fourth-order valence-electron chi connectivity index (χ4n) is 2.56. The number of carbonyl (C=O) groups is 1. The van der Waals surface area contributed by atoms with E-state index in [1.807, 2.05) is 56.3 Å². The number of fused-ring (bicyclic) bond motifs is 1. The van der Waals surface area contributed by atoms with Crippen LogP contribution in [-0.2, 0) is 4.74 Å². The lowest BCUT2D eigenvalue weighted by Crippen LogP contribution is -2.13. The van der Waals surface area contributed by atoms with Crippen molar-refractivity contribution in [2.75, 3.05) is 13.2 Å². The molecular formula is C20H19NO3. The molecule has 0 saturated heterocycles. The SMILES string of the molecule is Cc1cc(C)cc(OCCOC(=O)c2ccc3ccccc3n2)c1. The van der Waals surface area contributed by atoms with Crippen molar-refractivity contribution in [3.8, 4) is 5.75 Å². The average Bonchev–Trinajstić information content (AvgIpc) is 2.57. The van der Waals surface area contributed by atoms with Crippen LogP contribution in [0.4, 0.5) is 0 Å². The molecule has 0 atom stereocenters. The van der Waals surface area contributed by atoms with Crippen molar-refractivity contribution in [3.63, 3.8) is 0 Å². The van der Waals surface area contributed by atoms with Crippen molar-refractivity contribution in [2.24, 2.45) is 0 Å². The lowest BCUT2D eigenvalue weighted by atomic mass is 10.1. The summed E-state index contributed by atoms with van der Waals surface area (Å²) in [6.45, 7) is 4.53. The van der Waals surface area contributed by atoms with Gasteiger partial charge in [0.1, 0.15) is 24.7 Å². The summed E-state index contributed by atoms with van der Waals surface area (Å²) in [5, 5.41) is 0.993. The molecule has 1 aromatic heterocycles. The van der Waals surface area contributed by atoms with Crippen LogP contribution in [0.15, 0.2) is 54.6 Å². The van der Waals surface area contributed by atoms with Gasteiger partial charge in [-0.2, -0.15) is 0 Å². The first-order valence-electron chi connectivity index (χ1n) is 7.86. The van der Waals surface area contributed by atoms with Gasteiger partial charge in [-0.15, -0.1) is 0 Å². The summed E-state index contributed by atoms with van der Waals surface area (Å²) in [7, 11) is 0. The Morgan fingerprint density at radius 3 is 2.50 bits per heavy atom. The Morgan fingerprint density at radius 2 is 1.71 bits per heavy atom. The predicted molar refractivity (Wildman–Crippen MR) is 93.4 cm³/mol. The number of para-hydroxylation sites is 1. The average molecular weight is 321 g/mol. The molecule has 0 unspecified atom stereocenters. The maximum absolute atomic E-state index is 12.1. The number of rotatable bonds is 5. The number of aromatic nitrogens is 1. The second kappa shape index (κ2) is 7.13. The van der Waals surface area contributed by atoms with E-state index >= 15 is 0 Å². The molecule has 122 valence electrons. The van der Waals surface area contributed by atoms with Crippen LogP contribution >= 0.6 is 0 Å². The van der Waals surface area contributed by atoms with Crippen LogP contribution in [0.5, 0.6) is 5.75 Å². The second-order valence-electron chi connectivity index (χ2n) is 5.70. The Morgan fingerprint density at radius 1 is 0.958 bits per heavy atom. The normalized spacial score (nSPS) is 10.6. The van der Waals surface area contributed by atoms with Crippen LogP contribution in [0.2, 0.25) is 0 Å². The number of pyridine rings is 1. The Balaban J connectivity index is 1.54. The molecule has 4 nitrogen and oxygen atoms in total. The van der Waals surface area contributed by atoms with Crippen LogP contribution in [0.3, 0.4) is 0 Å². The van der Waals surface area contributed by atoms with Gasteiger partial charge < -0.3 is 9.47 Å². The van der Waals surface area contributed by atoms with E-state index in [1.54, 1.807) is 6.07 Å². The zero-order chi connectivity index (χ0) is 16.9. The van der Waals surface area contributed by atoms with Crippen molar-refractivity contribution < 1.29 is 14.3 Å². The summed E-state index contributed by atoms with van der Waals surface area (Å²) in [5.74, 6) is 0.345. The fraction of sp³-hybridized carbons (Fsp3) is 0.200. The number of nitrogens with zero attached hydrogens (tertiary/aromatic N) is 1. The Bertz CT molecular complexity index is 853. The van der Waals surface area contributed by atoms with Crippen LogP contribution in [-0.4, -0.2) is 24.2 Å². The van der Waals surface area contributed by atoms with Gasteiger partial charge in [0.05, 0.1) is 5.52 Å². The number of aryl methyl sites for hydroxylation is 2. The van der Waals surface area contributed by atoms with Crippen molar-refractivity contribution >= 4 is 16.9 Å². The molecule has 3 rings (SSSR count). The van der Waals surface area contributed by atoms with Crippen LogP contribution in [0.1, 0.15) is 21.6 Å². The smallest absolute Gasteiger partial charge is 0.357 e. The second-order valence-corrected chi connectivity index (χ2v) is 5.70. The molecule has 0 saturated carbocycles. The number of ether oxygens (including phenoxy) is 2. The Kier molecular flexibility index (Phi) is 4.75. The lowest BCUT2D eigenvalue weighted by Gasteiger charge is -2.09. The van der Waals surface area contributed by atoms with Gasteiger partial charge in [0.15, 0.2) is 0 Å². The molecule has 2 aromatic carbocycles. The fourth-order valence-corrected chi connectivity index (χ4v) is 2.56. The molecule has 1 heterocycles. The predicted octanol–water partition coefficient (Wildman–Crippen LogP) is 4.09. The van der Waals surface area contributed by atoms with E-state index in [0.29, 0.717) is 12.3 Å². The summed E-state index contributed by atoms with van der Waals surface area (Å²) in [6, 6.07) is 17.2. The molecule has 0 bridgehead atoms. The highest BCUT2D eigenvalue weighted by Crippen LogP contribution is 2.16. The third-order valence-electron chi connectivity index (χ3n) is 3.59. The molecule has 4 heteroatoms. The third kappa shape index (κ3) is 3.90. The molecule has 0 aliphatic heterocycles. The summed E-state index contributed by atoms with van der Waals surface area (Å²) >= 11 is 0. The maximum atomic E-state index is 12.1. The van der Waals surface area contributed by atoms with E-state index in [1.165, 1.54) is 0 Å². The Labute approximate surface area is 141 Å². The van der Waals surface area contributed by atoms with Gasteiger partial charge in [0.25, 0.3) is 0 Å². The zero-order valence-electron chi connectivity index (χ0n) is 13.8. The number of hydrogen-bond acceptors (Lipinski definition) is 4. The van der Waals surface area contributed by atoms with Crippen molar-refractivity contribution in [1.82, 2.24) is 4.98 Å². The van der Waals surface area contributed by atoms with Crippen LogP contribution < -0.4 is 4.74 Å². The molecule has 0 spiro atoms. The molecule has 0 aliphatic rings. The van der Waals surface area contributed by atoms with E-state index < -0.39 is 5.97 Å². The number of hydrogen-bond donors (Lipinski definition) is 0. The zero-order valence-corrected chi connectivity index (χ0v) is 13.8. The highest BCUT2D eigenvalue weighted by molar-refractivity contribution is 5.90. The molecule has 0 amide bonds. The minimum absolute atomic E-state index is 0.181. The first-order valence-corrected chi connectivity index (χ1v) is 7.86. The minimum Gasteiger partial charge on any atom is -0.490 e. The molecule has 0 radical (unpaired) electrons. The van der Waals surface area contributed by atoms with Gasteiger partial charge in [-0.05, 0) is 49.2 Å². The summed E-state index contributed by atoms with van der Waals surface area (Å²) < 4.78 is 10.9. The van der Waals surface area contributed by atoms with E-state index in [0.717, 1.165) is 27.8 Å². The molecule has 0 fully saturated rings. The van der Waals surface area contributed by atoms with Gasteiger partial charge >= 0.3 is 5.97 Å². The van der Waals surface area contributed by atoms with Gasteiger partial charge in [0, 0.05) is 5.39 Å². The van der Waals surface area contributed by atoms with Crippen LogP contribution in [0, 0.1) is 13.8 Å². The van der Waals surface area contributed by atoms with E-state index in [4.69, 9.17) is 9.47 Å². The number of esters is 1. The number of carbonyl (C=O) groups excluding carboxylic acids is 1. The van der Waals surface area contributed by atoms with Gasteiger partial charge in [-0.1, -0.05) is 30.3 Å². The highest BCUT2D eigenvalue weighted by atomic mass is 16.6. The number of benzene rings is 2. The van der Waals surface area contributed by atoms with Crippen molar-refractivity contribution in [3.05, 3.63) is 71.4 Å². The summed E-state index contributed by atoms with van der Waals surface area (Å²) in [5.41, 5.74) is 3.36. The van der Waals surface area contributed by atoms with Gasteiger partial charge in [-0.25, -0.2) is 9.78 Å². The van der Waals surface area contributed by atoms with Crippen LogP contribution in [0.25, 0.3) is 10.9 Å². The quantitative estimate of drug-likeness (QED) is 0.524. The molecule has 0 N–H and O–H groups in total. The van der Waals surface area contributed by atoms with Gasteiger partial charge in [-0.3, -0.25) is 0 Å². The highest BCUT2D eigenvalue weighted by Gasteiger charge is 2.09. The minimum atomic E-state index is -0.440. The summed E-state index contributed by atoms with van der Waals surface area (Å²) in [6.07, 6.45) is 0. The molecular weight excluding hydrogens is 302 g/mol. The monoisotopic (exact) mass is 321 g/mol. The Hall–Kier alpha value is -2.88. The van der Waals surface area contributed by atoms with Crippen molar-refractivity contribution in [2.45, 2.75) is 13.8 Å². The molecule has 24 heavy (non-hydrogen) atoms. The lowest BCUT2D eigenvalue weighted by molar-refractivity contribution is 0.0444. The molecule has 0 aliphatic carbocycles. The topological polar surface area (TPSA) is 48.4 Å². The van der Waals surface area contributed by atoms with E-state index in [9.17, 15) is 4.79 Å². The first-order chi connectivity index (χ1) is 11.6.